The van der Waals surface area contributed by atoms with Gasteiger partial charge in [-0.05, 0) is 78.6 Å². The Morgan fingerprint density at radius 1 is 0.933 bits per heavy atom. The van der Waals surface area contributed by atoms with Crippen molar-refractivity contribution in [3.8, 4) is 5.75 Å². The van der Waals surface area contributed by atoms with E-state index in [1.54, 1.807) is 7.11 Å². The third-order valence-corrected chi connectivity index (χ3v) is 6.32. The molecular formula is C24H27N5O. The van der Waals surface area contributed by atoms with Crippen LogP contribution in [0.5, 0.6) is 5.75 Å². The molecule has 0 radical (unpaired) electrons. The molecule has 3 aromatic rings. The van der Waals surface area contributed by atoms with E-state index >= 15 is 0 Å². The zero-order valence-electron chi connectivity index (χ0n) is 17.3. The van der Waals surface area contributed by atoms with Gasteiger partial charge in [0.15, 0.2) is 0 Å². The van der Waals surface area contributed by atoms with Crippen LogP contribution in [0, 0.1) is 0 Å². The predicted octanol–water partition coefficient (Wildman–Crippen LogP) is 4.54. The van der Waals surface area contributed by atoms with E-state index in [4.69, 9.17) is 9.72 Å². The number of hydrogen-bond acceptors (Lipinski definition) is 6. The van der Waals surface area contributed by atoms with Crippen LogP contribution in [-0.4, -0.2) is 28.1 Å². The quantitative estimate of drug-likeness (QED) is 0.677. The minimum atomic E-state index is 0.464. The van der Waals surface area contributed by atoms with Crippen LogP contribution >= 0.6 is 0 Å². The monoisotopic (exact) mass is 401 g/mol. The number of aromatic nitrogens is 3. The molecule has 30 heavy (non-hydrogen) atoms. The van der Waals surface area contributed by atoms with Crippen molar-refractivity contribution in [2.45, 2.75) is 50.7 Å². The first-order valence-corrected chi connectivity index (χ1v) is 10.7. The molecule has 0 atom stereocenters. The highest BCUT2D eigenvalue weighted by Gasteiger charge is 2.24. The number of anilines is 2. The lowest BCUT2D eigenvalue weighted by Crippen LogP contribution is -2.26. The second-order valence-corrected chi connectivity index (χ2v) is 8.21. The van der Waals surface area contributed by atoms with Crippen molar-refractivity contribution >= 4 is 11.8 Å². The Bertz CT molecular complexity index is 1000. The maximum Gasteiger partial charge on any atom is 0.227 e. The van der Waals surface area contributed by atoms with Gasteiger partial charge in [-0.1, -0.05) is 6.07 Å². The third kappa shape index (κ3) is 3.95. The summed E-state index contributed by atoms with van der Waals surface area (Å²) in [6, 6.07) is 13.0. The van der Waals surface area contributed by atoms with Crippen molar-refractivity contribution in [2.24, 2.45) is 0 Å². The fourth-order valence-corrected chi connectivity index (χ4v) is 4.64. The molecule has 0 amide bonds. The Morgan fingerprint density at radius 2 is 1.73 bits per heavy atom. The van der Waals surface area contributed by atoms with Crippen molar-refractivity contribution in [1.29, 1.82) is 0 Å². The fourth-order valence-electron chi connectivity index (χ4n) is 4.64. The number of hydrogen-bond donors (Lipinski definition) is 1. The molecule has 3 heterocycles. The lowest BCUT2D eigenvalue weighted by Gasteiger charge is -2.29. The van der Waals surface area contributed by atoms with Crippen molar-refractivity contribution in [1.82, 2.24) is 15.0 Å². The highest BCUT2D eigenvalue weighted by Crippen LogP contribution is 2.34. The van der Waals surface area contributed by atoms with Crippen LogP contribution < -0.4 is 15.0 Å². The second kappa shape index (κ2) is 8.30. The van der Waals surface area contributed by atoms with Crippen LogP contribution in [0.4, 0.5) is 11.8 Å². The summed E-state index contributed by atoms with van der Waals surface area (Å²) in [6.45, 7) is 1.65. The summed E-state index contributed by atoms with van der Waals surface area (Å²) < 4.78 is 5.36. The number of rotatable bonds is 5. The topological polar surface area (TPSA) is 63.2 Å². The predicted molar refractivity (Wildman–Crippen MR) is 118 cm³/mol. The normalized spacial score (nSPS) is 20.6. The molecule has 6 nitrogen and oxygen atoms in total. The SMILES string of the molecule is COc1ccc2c(c1)CN(c1nccc(NC3CCC(c4ccncc4)CC3)n1)C2. The van der Waals surface area contributed by atoms with Crippen molar-refractivity contribution in [3.63, 3.8) is 0 Å². The number of pyridine rings is 1. The molecule has 1 aliphatic carbocycles. The van der Waals surface area contributed by atoms with Crippen molar-refractivity contribution in [2.75, 3.05) is 17.3 Å². The number of nitrogens with one attached hydrogen (secondary N) is 1. The Hall–Kier alpha value is -3.15. The lowest BCUT2D eigenvalue weighted by molar-refractivity contribution is 0.411. The molecule has 1 N–H and O–H groups in total. The highest BCUT2D eigenvalue weighted by molar-refractivity contribution is 5.49. The van der Waals surface area contributed by atoms with E-state index in [2.05, 4.69) is 44.5 Å². The summed E-state index contributed by atoms with van der Waals surface area (Å²) in [5.41, 5.74) is 4.01. The van der Waals surface area contributed by atoms with Gasteiger partial charge in [-0.25, -0.2) is 4.98 Å². The summed E-state index contributed by atoms with van der Waals surface area (Å²) >= 11 is 0. The van der Waals surface area contributed by atoms with Gasteiger partial charge >= 0.3 is 0 Å². The molecule has 6 heteroatoms. The van der Waals surface area contributed by atoms with Crippen LogP contribution in [0.2, 0.25) is 0 Å². The van der Waals surface area contributed by atoms with E-state index in [1.165, 1.54) is 29.5 Å². The maximum atomic E-state index is 5.36. The van der Waals surface area contributed by atoms with Gasteiger partial charge in [0.1, 0.15) is 11.6 Å². The molecule has 0 saturated heterocycles. The minimum Gasteiger partial charge on any atom is -0.497 e. The molecule has 1 aromatic carbocycles. The van der Waals surface area contributed by atoms with Crippen LogP contribution in [-0.2, 0) is 13.1 Å². The maximum absolute atomic E-state index is 5.36. The molecule has 2 aromatic heterocycles. The zero-order valence-corrected chi connectivity index (χ0v) is 17.3. The summed E-state index contributed by atoms with van der Waals surface area (Å²) in [7, 11) is 1.71. The van der Waals surface area contributed by atoms with Gasteiger partial charge in [-0.3, -0.25) is 4.98 Å². The molecular weight excluding hydrogens is 374 g/mol. The van der Waals surface area contributed by atoms with E-state index in [9.17, 15) is 0 Å². The average Bonchev–Trinajstić information content (AvgIpc) is 3.24. The second-order valence-electron chi connectivity index (χ2n) is 8.21. The van der Waals surface area contributed by atoms with Crippen LogP contribution in [0.3, 0.4) is 0 Å². The van der Waals surface area contributed by atoms with Crippen LogP contribution in [0.25, 0.3) is 0 Å². The van der Waals surface area contributed by atoms with Crippen LogP contribution in [0.1, 0.15) is 48.3 Å². The Balaban J connectivity index is 1.21. The van der Waals surface area contributed by atoms with E-state index in [1.807, 2.05) is 30.7 Å². The van der Waals surface area contributed by atoms with E-state index in [0.717, 1.165) is 43.4 Å². The molecule has 5 rings (SSSR count). The molecule has 0 spiro atoms. The largest absolute Gasteiger partial charge is 0.497 e. The Morgan fingerprint density at radius 3 is 2.53 bits per heavy atom. The van der Waals surface area contributed by atoms with Gasteiger partial charge in [-0.15, -0.1) is 0 Å². The number of fused-ring (bicyclic) bond motifs is 1. The first kappa shape index (κ1) is 18.9. The molecule has 0 bridgehead atoms. The minimum absolute atomic E-state index is 0.464. The highest BCUT2D eigenvalue weighted by atomic mass is 16.5. The third-order valence-electron chi connectivity index (χ3n) is 6.32. The van der Waals surface area contributed by atoms with E-state index < -0.39 is 0 Å². The lowest BCUT2D eigenvalue weighted by atomic mass is 9.82. The summed E-state index contributed by atoms with van der Waals surface area (Å²) in [5, 5.41) is 3.65. The zero-order chi connectivity index (χ0) is 20.3. The van der Waals surface area contributed by atoms with Gasteiger partial charge in [0.25, 0.3) is 0 Å². The Labute approximate surface area is 177 Å². The smallest absolute Gasteiger partial charge is 0.227 e. The van der Waals surface area contributed by atoms with E-state index in [0.29, 0.717) is 12.0 Å². The van der Waals surface area contributed by atoms with Gasteiger partial charge < -0.3 is 15.0 Å². The van der Waals surface area contributed by atoms with Gasteiger partial charge in [-0.2, -0.15) is 4.98 Å². The number of methoxy groups -OCH3 is 1. The fraction of sp³-hybridized carbons (Fsp3) is 0.375. The van der Waals surface area contributed by atoms with Crippen molar-refractivity contribution in [3.05, 3.63) is 71.7 Å². The first-order chi connectivity index (χ1) is 14.8. The molecule has 1 aliphatic heterocycles. The molecule has 1 saturated carbocycles. The molecule has 154 valence electrons. The summed E-state index contributed by atoms with van der Waals surface area (Å²) in [4.78, 5) is 15.7. The molecule has 2 aliphatic rings. The first-order valence-electron chi connectivity index (χ1n) is 10.7. The number of benzene rings is 1. The standard InChI is InChI=1S/C24H27N5O/c1-30-22-7-4-19-15-29(16-20(19)14-22)24-26-13-10-23(28-24)27-21-5-2-17(3-6-21)18-8-11-25-12-9-18/h4,7-14,17,21H,2-3,5-6,15-16H2,1H3,(H,26,27,28). The molecule has 1 fully saturated rings. The van der Waals surface area contributed by atoms with Gasteiger partial charge in [0.05, 0.1) is 7.11 Å². The van der Waals surface area contributed by atoms with Crippen molar-refractivity contribution < 1.29 is 4.74 Å². The summed E-state index contributed by atoms with van der Waals surface area (Å²) in [5.74, 6) is 3.24. The molecule has 0 unspecified atom stereocenters. The number of ether oxygens (including phenoxy) is 1. The summed E-state index contributed by atoms with van der Waals surface area (Å²) in [6.07, 6.45) is 10.4. The van der Waals surface area contributed by atoms with Gasteiger partial charge in [0, 0.05) is 37.7 Å². The Kier molecular flexibility index (Phi) is 5.22. The average molecular weight is 402 g/mol. The van der Waals surface area contributed by atoms with Crippen LogP contribution in [0.15, 0.2) is 55.0 Å². The van der Waals surface area contributed by atoms with E-state index in [-0.39, 0.29) is 0 Å². The van der Waals surface area contributed by atoms with Gasteiger partial charge in [0.2, 0.25) is 5.95 Å². The number of nitrogens with zero attached hydrogens (tertiary/aromatic N) is 4.